The van der Waals surface area contributed by atoms with Crippen molar-refractivity contribution in [2.24, 2.45) is 17.6 Å². The van der Waals surface area contributed by atoms with Crippen molar-refractivity contribution in [1.29, 1.82) is 0 Å². The van der Waals surface area contributed by atoms with Gasteiger partial charge in [-0.15, -0.1) is 0 Å². The van der Waals surface area contributed by atoms with Crippen molar-refractivity contribution in [3.8, 4) is 0 Å². The van der Waals surface area contributed by atoms with E-state index in [4.69, 9.17) is 15.2 Å². The average molecular weight is 593 g/mol. The molecule has 10 heteroatoms. The molecule has 1 aromatic heterocycles. The number of fused-ring (bicyclic) bond motifs is 1. The zero-order valence-corrected chi connectivity index (χ0v) is 24.6. The van der Waals surface area contributed by atoms with Gasteiger partial charge in [-0.3, -0.25) is 9.59 Å². The van der Waals surface area contributed by atoms with Gasteiger partial charge in [-0.1, -0.05) is 30.3 Å². The predicted molar refractivity (Wildman–Crippen MR) is 162 cm³/mol. The molecular formula is C33H41FN4O5. The Kier molecular flexibility index (Phi) is 10.1. The molecule has 3 atom stereocenters. The van der Waals surface area contributed by atoms with Crippen LogP contribution in [0, 0.1) is 11.8 Å². The molecule has 0 bridgehead atoms. The fourth-order valence-corrected chi connectivity index (χ4v) is 6.55. The van der Waals surface area contributed by atoms with Crippen LogP contribution in [0.15, 0.2) is 54.6 Å². The number of rotatable bonds is 11. The van der Waals surface area contributed by atoms with E-state index >= 15 is 0 Å². The molecule has 3 aromatic rings. The topological polar surface area (TPSA) is 127 Å². The summed E-state index contributed by atoms with van der Waals surface area (Å²) in [5.41, 5.74) is 8.60. The normalized spacial score (nSPS) is 22.8. The van der Waals surface area contributed by atoms with Gasteiger partial charge < -0.3 is 30.4 Å². The number of aromatic nitrogens is 1. The van der Waals surface area contributed by atoms with Gasteiger partial charge in [0.2, 0.25) is 11.8 Å². The van der Waals surface area contributed by atoms with Crippen LogP contribution in [0.2, 0.25) is 0 Å². The van der Waals surface area contributed by atoms with E-state index in [1.165, 1.54) is 0 Å². The molecule has 2 aliphatic rings. The Morgan fingerprint density at radius 3 is 2.53 bits per heavy atom. The Morgan fingerprint density at radius 1 is 1.05 bits per heavy atom. The number of H-pyrrole nitrogens is 1. The van der Waals surface area contributed by atoms with E-state index < -0.39 is 24.7 Å². The van der Waals surface area contributed by atoms with Gasteiger partial charge in [0.25, 0.3) is 0 Å². The van der Waals surface area contributed by atoms with Crippen molar-refractivity contribution < 1.29 is 28.2 Å². The van der Waals surface area contributed by atoms with Gasteiger partial charge in [0.05, 0.1) is 6.61 Å². The molecule has 1 unspecified atom stereocenters. The molecule has 1 aliphatic heterocycles. The summed E-state index contributed by atoms with van der Waals surface area (Å²) in [6, 6.07) is 15.8. The van der Waals surface area contributed by atoms with Gasteiger partial charge in [-0.05, 0) is 67.9 Å². The second kappa shape index (κ2) is 14.1. The third-order valence-electron chi connectivity index (χ3n) is 8.92. The van der Waals surface area contributed by atoms with Crippen molar-refractivity contribution in [2.75, 3.05) is 38.9 Å². The standard InChI is InChI=1S/C33H41FN4O5/c1-42-16-5-17-43-33(41)29-19-24-18-25(12-13-28(24)37-29)36-31(39)30-26(21-6-3-2-4-7-21)14-15-38(30)32(40)23-10-8-22(9-11-23)27(35)20-34/h2-4,6-7,12-13,18-19,22-23,26-27,30,37H,5,8-11,14-17,20,35H2,1H3,(H,36,39)/t22-,23-,26-,27?,30+/m1/s1. The van der Waals surface area contributed by atoms with Gasteiger partial charge in [0.1, 0.15) is 18.4 Å². The van der Waals surface area contributed by atoms with Crippen LogP contribution in [0.5, 0.6) is 0 Å². The lowest BCUT2D eigenvalue weighted by molar-refractivity contribution is -0.141. The number of amides is 2. The van der Waals surface area contributed by atoms with E-state index in [1.807, 2.05) is 30.3 Å². The molecule has 5 rings (SSSR count). The summed E-state index contributed by atoms with van der Waals surface area (Å²) >= 11 is 0. The third kappa shape index (κ3) is 7.08. The summed E-state index contributed by atoms with van der Waals surface area (Å²) in [5.74, 6) is -0.968. The molecular weight excluding hydrogens is 551 g/mol. The number of hydrogen-bond acceptors (Lipinski definition) is 6. The van der Waals surface area contributed by atoms with Crippen LogP contribution in [-0.2, 0) is 19.1 Å². The molecule has 2 aromatic carbocycles. The van der Waals surface area contributed by atoms with Crippen LogP contribution in [0.1, 0.15) is 60.5 Å². The number of ether oxygens (including phenoxy) is 2. The summed E-state index contributed by atoms with van der Waals surface area (Å²) in [4.78, 5) is 45.1. The third-order valence-corrected chi connectivity index (χ3v) is 8.92. The van der Waals surface area contributed by atoms with Crippen LogP contribution in [0.3, 0.4) is 0 Å². The largest absolute Gasteiger partial charge is 0.461 e. The highest BCUT2D eigenvalue weighted by atomic mass is 19.1. The average Bonchev–Trinajstić information content (AvgIpc) is 3.68. The highest BCUT2D eigenvalue weighted by molar-refractivity contribution is 6.01. The number of nitrogens with one attached hydrogen (secondary N) is 2. The fraction of sp³-hybridized carbons (Fsp3) is 0.485. The summed E-state index contributed by atoms with van der Waals surface area (Å²) in [5, 5.41) is 3.80. The smallest absolute Gasteiger partial charge is 0.354 e. The van der Waals surface area contributed by atoms with Crippen LogP contribution < -0.4 is 11.1 Å². The number of anilines is 1. The lowest BCUT2D eigenvalue weighted by Gasteiger charge is -2.35. The highest BCUT2D eigenvalue weighted by Crippen LogP contribution is 2.38. The number of likely N-dealkylation sites (tertiary alicyclic amines) is 1. The van der Waals surface area contributed by atoms with Crippen LogP contribution >= 0.6 is 0 Å². The molecule has 1 aliphatic carbocycles. The van der Waals surface area contributed by atoms with E-state index in [2.05, 4.69) is 10.3 Å². The van der Waals surface area contributed by atoms with E-state index in [-0.39, 0.29) is 36.2 Å². The van der Waals surface area contributed by atoms with Gasteiger partial charge in [0, 0.05) is 61.2 Å². The molecule has 230 valence electrons. The van der Waals surface area contributed by atoms with Crippen LogP contribution in [-0.4, -0.2) is 73.3 Å². The predicted octanol–water partition coefficient (Wildman–Crippen LogP) is 4.79. The molecule has 9 nitrogen and oxygen atoms in total. The molecule has 1 saturated carbocycles. The number of benzene rings is 2. The molecule has 1 saturated heterocycles. The minimum atomic E-state index is -0.666. The number of aromatic amines is 1. The number of nitrogens with zero attached hydrogens (tertiary/aromatic N) is 1. The first-order chi connectivity index (χ1) is 20.9. The monoisotopic (exact) mass is 592 g/mol. The van der Waals surface area contributed by atoms with Crippen molar-refractivity contribution in [1.82, 2.24) is 9.88 Å². The second-order valence-electron chi connectivity index (χ2n) is 11.7. The number of alkyl halides is 1. The molecule has 4 N–H and O–H groups in total. The van der Waals surface area contributed by atoms with Gasteiger partial charge in [-0.2, -0.15) is 0 Å². The first kappa shape index (κ1) is 30.7. The number of halogens is 1. The fourth-order valence-electron chi connectivity index (χ4n) is 6.55. The summed E-state index contributed by atoms with van der Waals surface area (Å²) in [6.45, 7) is 0.710. The number of esters is 1. The van der Waals surface area contributed by atoms with Gasteiger partial charge in [0.15, 0.2) is 0 Å². The lowest BCUT2D eigenvalue weighted by atomic mass is 9.78. The Bertz CT molecular complexity index is 1400. The van der Waals surface area contributed by atoms with Crippen molar-refractivity contribution in [2.45, 2.75) is 56.5 Å². The van der Waals surface area contributed by atoms with E-state index in [0.29, 0.717) is 63.1 Å². The maximum atomic E-state index is 13.9. The number of nitrogens with two attached hydrogens (primary N) is 1. The Labute approximate surface area is 251 Å². The van der Waals surface area contributed by atoms with E-state index in [9.17, 15) is 18.8 Å². The minimum Gasteiger partial charge on any atom is -0.461 e. The molecule has 2 fully saturated rings. The Morgan fingerprint density at radius 2 is 1.81 bits per heavy atom. The zero-order valence-electron chi connectivity index (χ0n) is 24.6. The molecule has 2 heterocycles. The number of carbonyl (C=O) groups is 3. The highest BCUT2D eigenvalue weighted by Gasteiger charge is 2.44. The number of carbonyl (C=O) groups excluding carboxylic acids is 3. The van der Waals surface area contributed by atoms with Crippen LogP contribution in [0.25, 0.3) is 10.9 Å². The van der Waals surface area contributed by atoms with E-state index in [1.54, 1.807) is 36.3 Å². The minimum absolute atomic E-state index is 0.0133. The maximum Gasteiger partial charge on any atom is 0.354 e. The van der Waals surface area contributed by atoms with Gasteiger partial charge >= 0.3 is 5.97 Å². The maximum absolute atomic E-state index is 13.9. The van der Waals surface area contributed by atoms with Crippen molar-refractivity contribution in [3.63, 3.8) is 0 Å². The second-order valence-corrected chi connectivity index (χ2v) is 11.7. The van der Waals surface area contributed by atoms with Crippen molar-refractivity contribution >= 4 is 34.4 Å². The van der Waals surface area contributed by atoms with Gasteiger partial charge in [-0.25, -0.2) is 9.18 Å². The molecule has 0 spiro atoms. The Hall–Kier alpha value is -3.76. The number of hydrogen-bond donors (Lipinski definition) is 3. The quantitative estimate of drug-likeness (QED) is 0.217. The summed E-state index contributed by atoms with van der Waals surface area (Å²) in [6.07, 6.45) is 4.03. The molecule has 43 heavy (non-hydrogen) atoms. The van der Waals surface area contributed by atoms with Crippen molar-refractivity contribution in [3.05, 3.63) is 65.9 Å². The number of methoxy groups -OCH3 is 1. The first-order valence-corrected chi connectivity index (χ1v) is 15.2. The summed E-state index contributed by atoms with van der Waals surface area (Å²) < 4.78 is 23.4. The first-order valence-electron chi connectivity index (χ1n) is 15.2. The molecule has 2 amide bonds. The molecule has 0 radical (unpaired) electrons. The SMILES string of the molecule is COCCCOC(=O)c1cc2cc(NC(=O)[C@@H]3[C@@H](c4ccccc4)CCN3C(=O)[C@H]3CC[C@H](C(N)CF)CC3)ccc2[nH]1. The zero-order chi connectivity index (χ0) is 30.3. The lowest BCUT2D eigenvalue weighted by Crippen LogP contribution is -2.48. The Balaban J connectivity index is 1.31. The van der Waals surface area contributed by atoms with Crippen LogP contribution in [0.4, 0.5) is 10.1 Å². The summed E-state index contributed by atoms with van der Waals surface area (Å²) in [7, 11) is 1.60. The van der Waals surface area contributed by atoms with E-state index in [0.717, 1.165) is 16.5 Å².